The second-order valence-corrected chi connectivity index (χ2v) is 6.15. The van der Waals surface area contributed by atoms with Gasteiger partial charge in [0, 0.05) is 15.5 Å². The maximum atomic E-state index is 11.3. The van der Waals surface area contributed by atoms with Gasteiger partial charge in [-0.05, 0) is 60.7 Å². The average molecular weight is 284 g/mol. The fourth-order valence-electron chi connectivity index (χ4n) is 2.56. The molecular weight excluding hydrogens is 268 g/mol. The third-order valence-electron chi connectivity index (χ3n) is 3.60. The van der Waals surface area contributed by atoms with E-state index in [2.05, 4.69) is 18.2 Å². The summed E-state index contributed by atoms with van der Waals surface area (Å²) in [7, 11) is 0. The lowest BCUT2D eigenvalue weighted by molar-refractivity contribution is 0.100. The smallest absolute Gasteiger partial charge is 0.250 e. The Kier molecular flexibility index (Phi) is 3.40. The standard InChI is InChI=1S/C16H16N2OS/c17-15-7-6-13(9-14(15)16(18)19)20-12-5-4-10-2-1-3-11(10)8-12/h4-9H,1-3,17H2,(H2,18,19). The Morgan fingerprint density at radius 3 is 2.50 bits per heavy atom. The molecule has 0 saturated carbocycles. The van der Waals surface area contributed by atoms with Crippen molar-refractivity contribution in [3.63, 3.8) is 0 Å². The van der Waals surface area contributed by atoms with E-state index in [1.807, 2.05) is 6.07 Å². The van der Waals surface area contributed by atoms with E-state index in [-0.39, 0.29) is 0 Å². The predicted molar refractivity (Wildman–Crippen MR) is 82.0 cm³/mol. The largest absolute Gasteiger partial charge is 0.398 e. The highest BCUT2D eigenvalue weighted by Crippen LogP contribution is 2.33. The molecule has 20 heavy (non-hydrogen) atoms. The summed E-state index contributed by atoms with van der Waals surface area (Å²) in [4.78, 5) is 13.5. The van der Waals surface area contributed by atoms with Crippen LogP contribution in [0, 0.1) is 0 Å². The van der Waals surface area contributed by atoms with Crippen LogP contribution in [0.15, 0.2) is 46.2 Å². The van der Waals surface area contributed by atoms with Gasteiger partial charge >= 0.3 is 0 Å². The van der Waals surface area contributed by atoms with Gasteiger partial charge in [0.05, 0.1) is 5.56 Å². The van der Waals surface area contributed by atoms with Crippen molar-refractivity contribution in [2.75, 3.05) is 5.73 Å². The minimum absolute atomic E-state index is 0.385. The molecule has 0 aliphatic heterocycles. The van der Waals surface area contributed by atoms with Crippen molar-refractivity contribution >= 4 is 23.4 Å². The topological polar surface area (TPSA) is 69.1 Å². The molecule has 0 bridgehead atoms. The highest BCUT2D eigenvalue weighted by atomic mass is 32.2. The lowest BCUT2D eigenvalue weighted by atomic mass is 10.1. The molecule has 0 heterocycles. The molecule has 4 heteroatoms. The van der Waals surface area contributed by atoms with Crippen molar-refractivity contribution in [2.24, 2.45) is 5.73 Å². The summed E-state index contributed by atoms with van der Waals surface area (Å²) in [5, 5.41) is 0. The van der Waals surface area contributed by atoms with Crippen molar-refractivity contribution in [3.05, 3.63) is 53.1 Å². The zero-order valence-corrected chi connectivity index (χ0v) is 11.9. The molecule has 0 aromatic heterocycles. The van der Waals surface area contributed by atoms with Crippen LogP contribution in [0.3, 0.4) is 0 Å². The highest BCUT2D eigenvalue weighted by Gasteiger charge is 2.12. The van der Waals surface area contributed by atoms with Gasteiger partial charge in [-0.2, -0.15) is 0 Å². The van der Waals surface area contributed by atoms with E-state index in [1.54, 1.807) is 23.9 Å². The summed E-state index contributed by atoms with van der Waals surface area (Å²) in [6.07, 6.45) is 3.60. The van der Waals surface area contributed by atoms with E-state index >= 15 is 0 Å². The van der Waals surface area contributed by atoms with Crippen LogP contribution in [0.1, 0.15) is 27.9 Å². The van der Waals surface area contributed by atoms with Gasteiger partial charge in [-0.3, -0.25) is 4.79 Å². The Labute approximate surface area is 122 Å². The Bertz CT molecular complexity index is 682. The number of nitrogen functional groups attached to an aromatic ring is 1. The molecular formula is C16H16N2OS. The van der Waals surface area contributed by atoms with Gasteiger partial charge in [0.15, 0.2) is 0 Å². The molecule has 0 radical (unpaired) electrons. The zero-order chi connectivity index (χ0) is 14.1. The Hall–Kier alpha value is -1.94. The van der Waals surface area contributed by atoms with Crippen molar-refractivity contribution in [3.8, 4) is 0 Å². The van der Waals surface area contributed by atoms with Gasteiger partial charge in [-0.15, -0.1) is 0 Å². The number of carbonyl (C=O) groups is 1. The Balaban J connectivity index is 1.88. The number of fused-ring (bicyclic) bond motifs is 1. The summed E-state index contributed by atoms with van der Waals surface area (Å²) in [5.74, 6) is -0.487. The number of anilines is 1. The molecule has 2 aromatic carbocycles. The van der Waals surface area contributed by atoms with Crippen LogP contribution in [0.2, 0.25) is 0 Å². The summed E-state index contributed by atoms with van der Waals surface area (Å²) in [6, 6.07) is 12.0. The van der Waals surface area contributed by atoms with Gasteiger partial charge in [0.25, 0.3) is 5.91 Å². The first-order valence-corrected chi connectivity index (χ1v) is 7.44. The van der Waals surface area contributed by atoms with Crippen LogP contribution in [0.4, 0.5) is 5.69 Å². The molecule has 4 N–H and O–H groups in total. The van der Waals surface area contributed by atoms with Gasteiger partial charge < -0.3 is 11.5 Å². The van der Waals surface area contributed by atoms with E-state index in [1.165, 1.54) is 28.9 Å². The van der Waals surface area contributed by atoms with Gasteiger partial charge in [0.1, 0.15) is 0 Å². The molecule has 1 aliphatic carbocycles. The Morgan fingerprint density at radius 2 is 1.70 bits per heavy atom. The third-order valence-corrected chi connectivity index (χ3v) is 4.58. The number of benzene rings is 2. The van der Waals surface area contributed by atoms with Crippen LogP contribution in [0.25, 0.3) is 0 Å². The number of hydrogen-bond donors (Lipinski definition) is 2. The van der Waals surface area contributed by atoms with Gasteiger partial charge in [-0.1, -0.05) is 17.8 Å². The first-order chi connectivity index (χ1) is 9.63. The summed E-state index contributed by atoms with van der Waals surface area (Å²) in [6.45, 7) is 0. The molecule has 2 aromatic rings. The number of hydrogen-bond acceptors (Lipinski definition) is 3. The second kappa shape index (κ2) is 5.21. The molecule has 1 amide bonds. The monoisotopic (exact) mass is 284 g/mol. The SMILES string of the molecule is NC(=O)c1cc(Sc2ccc3c(c2)CCC3)ccc1N. The zero-order valence-electron chi connectivity index (χ0n) is 11.1. The maximum Gasteiger partial charge on any atom is 0.250 e. The minimum atomic E-state index is -0.487. The molecule has 0 atom stereocenters. The summed E-state index contributed by atoms with van der Waals surface area (Å²) in [5.41, 5.74) is 14.8. The highest BCUT2D eigenvalue weighted by molar-refractivity contribution is 7.99. The van der Waals surface area contributed by atoms with Crippen molar-refractivity contribution in [1.82, 2.24) is 0 Å². The first-order valence-electron chi connectivity index (χ1n) is 6.62. The fourth-order valence-corrected chi connectivity index (χ4v) is 3.48. The molecule has 0 unspecified atom stereocenters. The molecule has 0 fully saturated rings. The van der Waals surface area contributed by atoms with Crippen LogP contribution in [-0.4, -0.2) is 5.91 Å². The van der Waals surface area contributed by atoms with E-state index in [9.17, 15) is 4.79 Å². The number of carbonyl (C=O) groups excluding carboxylic acids is 1. The third kappa shape index (κ3) is 2.51. The van der Waals surface area contributed by atoms with Crippen molar-refractivity contribution in [1.29, 1.82) is 0 Å². The predicted octanol–water partition coefficient (Wildman–Crippen LogP) is 3.01. The molecule has 0 saturated heterocycles. The Morgan fingerprint density at radius 1 is 1.00 bits per heavy atom. The van der Waals surface area contributed by atoms with Crippen LogP contribution < -0.4 is 11.5 Å². The lowest BCUT2D eigenvalue weighted by Crippen LogP contribution is -2.13. The van der Waals surface area contributed by atoms with Crippen molar-refractivity contribution < 1.29 is 4.79 Å². The summed E-state index contributed by atoms with van der Waals surface area (Å²) >= 11 is 1.63. The molecule has 102 valence electrons. The number of primary amides is 1. The first kappa shape index (κ1) is 13.1. The van der Waals surface area contributed by atoms with Crippen LogP contribution in [0.5, 0.6) is 0 Å². The maximum absolute atomic E-state index is 11.3. The van der Waals surface area contributed by atoms with E-state index < -0.39 is 5.91 Å². The van der Waals surface area contributed by atoms with Gasteiger partial charge in [-0.25, -0.2) is 0 Å². The number of rotatable bonds is 3. The normalized spacial score (nSPS) is 13.2. The van der Waals surface area contributed by atoms with Gasteiger partial charge in [0.2, 0.25) is 0 Å². The summed E-state index contributed by atoms with van der Waals surface area (Å²) < 4.78 is 0. The molecule has 3 nitrogen and oxygen atoms in total. The van der Waals surface area contributed by atoms with E-state index in [0.717, 1.165) is 11.3 Å². The van der Waals surface area contributed by atoms with E-state index in [4.69, 9.17) is 11.5 Å². The fraction of sp³-hybridized carbons (Fsp3) is 0.188. The quantitative estimate of drug-likeness (QED) is 0.851. The number of nitrogens with two attached hydrogens (primary N) is 2. The van der Waals surface area contributed by atoms with Crippen LogP contribution in [-0.2, 0) is 12.8 Å². The molecule has 1 aliphatic rings. The number of amides is 1. The molecule has 0 spiro atoms. The number of aryl methyl sites for hydroxylation is 2. The second-order valence-electron chi connectivity index (χ2n) is 5.00. The lowest BCUT2D eigenvalue weighted by Gasteiger charge is -2.07. The van der Waals surface area contributed by atoms with Crippen LogP contribution >= 0.6 is 11.8 Å². The molecule has 3 rings (SSSR count). The van der Waals surface area contributed by atoms with E-state index in [0.29, 0.717) is 11.3 Å². The average Bonchev–Trinajstić information content (AvgIpc) is 2.88. The van der Waals surface area contributed by atoms with Crippen molar-refractivity contribution in [2.45, 2.75) is 29.1 Å². The minimum Gasteiger partial charge on any atom is -0.398 e.